The molecule has 1 rings (SSSR count). The lowest BCUT2D eigenvalue weighted by Crippen LogP contribution is -2.10. The van der Waals surface area contributed by atoms with Crippen molar-refractivity contribution in [2.24, 2.45) is 0 Å². The monoisotopic (exact) mass is 230 g/mol. The molecule has 0 spiro atoms. The van der Waals surface area contributed by atoms with Crippen molar-refractivity contribution in [1.82, 2.24) is 9.78 Å². The summed E-state index contributed by atoms with van der Waals surface area (Å²) in [5, 5.41) is 4.09. The Labute approximate surface area is 79.9 Å². The quantitative estimate of drug-likeness (QED) is 0.732. The molecule has 0 amide bonds. The van der Waals surface area contributed by atoms with Crippen LogP contribution in [0, 0.1) is 0 Å². The summed E-state index contributed by atoms with van der Waals surface area (Å²) < 4.78 is 2.48. The molecule has 0 aliphatic carbocycles. The highest BCUT2D eigenvalue weighted by Gasteiger charge is 2.14. The average molecular weight is 231 g/mol. The molecule has 0 fully saturated rings. The minimum absolute atomic E-state index is 0.0353. The zero-order chi connectivity index (χ0) is 9.30. The summed E-state index contributed by atoms with van der Waals surface area (Å²) in [7, 11) is 0. The van der Waals surface area contributed by atoms with Gasteiger partial charge in [-0.15, -0.1) is 0 Å². The van der Waals surface area contributed by atoms with Gasteiger partial charge < -0.3 is 0 Å². The molecule has 66 valence electrons. The van der Waals surface area contributed by atoms with Crippen molar-refractivity contribution in [2.75, 3.05) is 0 Å². The summed E-state index contributed by atoms with van der Waals surface area (Å²) in [6.07, 6.45) is 1.65. The molecular weight excluding hydrogens is 220 g/mol. The molecular formula is C8H11BrN2O. The van der Waals surface area contributed by atoms with Crippen LogP contribution in [0.25, 0.3) is 0 Å². The van der Waals surface area contributed by atoms with E-state index in [0.717, 1.165) is 4.47 Å². The molecule has 0 saturated heterocycles. The van der Waals surface area contributed by atoms with E-state index < -0.39 is 0 Å². The zero-order valence-electron chi connectivity index (χ0n) is 7.34. The second-order valence-electron chi connectivity index (χ2n) is 2.94. The summed E-state index contributed by atoms with van der Waals surface area (Å²) in [6, 6.07) is 0.218. The minimum Gasteiger partial charge on any atom is -0.293 e. The molecule has 12 heavy (non-hydrogen) atoms. The molecule has 0 aliphatic heterocycles. The van der Waals surface area contributed by atoms with Crippen molar-refractivity contribution in [3.63, 3.8) is 0 Å². The Morgan fingerprint density at radius 1 is 1.67 bits per heavy atom. The zero-order valence-corrected chi connectivity index (χ0v) is 8.92. The van der Waals surface area contributed by atoms with Gasteiger partial charge in [-0.3, -0.25) is 9.48 Å². The summed E-state index contributed by atoms with van der Waals surface area (Å²) in [4.78, 5) is 11.2. The number of hydrogen-bond acceptors (Lipinski definition) is 2. The molecule has 0 aliphatic rings. The maximum atomic E-state index is 11.2. The van der Waals surface area contributed by atoms with Crippen LogP contribution in [0.2, 0.25) is 0 Å². The van der Waals surface area contributed by atoms with Crippen LogP contribution in [0.3, 0.4) is 0 Å². The van der Waals surface area contributed by atoms with Crippen molar-refractivity contribution in [3.05, 3.63) is 16.4 Å². The molecule has 0 aromatic carbocycles. The minimum atomic E-state index is 0.0353. The maximum absolute atomic E-state index is 11.2. The first-order valence-electron chi connectivity index (χ1n) is 3.78. The Kier molecular flexibility index (Phi) is 2.67. The van der Waals surface area contributed by atoms with Gasteiger partial charge in [0.1, 0.15) is 5.69 Å². The van der Waals surface area contributed by atoms with Crippen molar-refractivity contribution >= 4 is 21.7 Å². The third-order valence-corrected chi connectivity index (χ3v) is 2.15. The van der Waals surface area contributed by atoms with Crippen LogP contribution < -0.4 is 0 Å². The number of Topliss-reactive ketones (excluding diaryl/α,β-unsaturated/α-hetero) is 1. The molecule has 0 radical (unpaired) electrons. The predicted octanol–water partition coefficient (Wildman–Crippen LogP) is 2.43. The first kappa shape index (κ1) is 9.45. The van der Waals surface area contributed by atoms with Crippen LogP contribution in [0.1, 0.15) is 37.3 Å². The van der Waals surface area contributed by atoms with E-state index in [1.807, 2.05) is 13.8 Å². The molecule has 1 heterocycles. The van der Waals surface area contributed by atoms with Gasteiger partial charge in [-0.05, 0) is 29.8 Å². The van der Waals surface area contributed by atoms with Gasteiger partial charge >= 0.3 is 0 Å². The number of nitrogens with zero attached hydrogens (tertiary/aromatic N) is 2. The van der Waals surface area contributed by atoms with E-state index in [9.17, 15) is 4.79 Å². The Morgan fingerprint density at radius 2 is 2.25 bits per heavy atom. The fourth-order valence-corrected chi connectivity index (χ4v) is 1.61. The van der Waals surface area contributed by atoms with Gasteiger partial charge in [0, 0.05) is 13.0 Å². The van der Waals surface area contributed by atoms with Crippen LogP contribution in [0.15, 0.2) is 10.7 Å². The predicted molar refractivity (Wildman–Crippen MR) is 50.3 cm³/mol. The molecule has 0 N–H and O–H groups in total. The summed E-state index contributed by atoms with van der Waals surface area (Å²) >= 11 is 3.28. The molecule has 3 nitrogen and oxygen atoms in total. The summed E-state index contributed by atoms with van der Waals surface area (Å²) in [6.45, 7) is 5.53. The molecule has 0 atom stereocenters. The molecule has 1 aromatic rings. The summed E-state index contributed by atoms with van der Waals surface area (Å²) in [5.41, 5.74) is 0.644. The van der Waals surface area contributed by atoms with Gasteiger partial charge in [-0.2, -0.15) is 5.10 Å². The van der Waals surface area contributed by atoms with Crippen LogP contribution in [0.4, 0.5) is 0 Å². The molecule has 0 unspecified atom stereocenters. The highest BCUT2D eigenvalue weighted by molar-refractivity contribution is 9.10. The third-order valence-electron chi connectivity index (χ3n) is 1.57. The number of aromatic nitrogens is 2. The van der Waals surface area contributed by atoms with Crippen molar-refractivity contribution in [2.45, 2.75) is 26.8 Å². The SMILES string of the molecule is CC(=O)c1c(Br)cnn1C(C)C. The highest BCUT2D eigenvalue weighted by Crippen LogP contribution is 2.19. The second-order valence-corrected chi connectivity index (χ2v) is 3.79. The number of ketones is 1. The van der Waals surface area contributed by atoms with Gasteiger partial charge in [-0.25, -0.2) is 0 Å². The lowest BCUT2D eigenvalue weighted by molar-refractivity contribution is 0.100. The first-order chi connectivity index (χ1) is 5.54. The second kappa shape index (κ2) is 3.39. The van der Waals surface area contributed by atoms with E-state index in [-0.39, 0.29) is 11.8 Å². The van der Waals surface area contributed by atoms with E-state index in [0.29, 0.717) is 5.69 Å². The lowest BCUT2D eigenvalue weighted by atomic mass is 10.3. The van der Waals surface area contributed by atoms with Gasteiger partial charge in [0.05, 0.1) is 10.7 Å². The third kappa shape index (κ3) is 1.58. The first-order valence-corrected chi connectivity index (χ1v) is 4.57. The van der Waals surface area contributed by atoms with Gasteiger partial charge in [-0.1, -0.05) is 0 Å². The van der Waals surface area contributed by atoms with E-state index >= 15 is 0 Å². The highest BCUT2D eigenvalue weighted by atomic mass is 79.9. The lowest BCUT2D eigenvalue weighted by Gasteiger charge is -2.08. The number of halogens is 1. The smallest absolute Gasteiger partial charge is 0.178 e. The van der Waals surface area contributed by atoms with Gasteiger partial charge in [0.25, 0.3) is 0 Å². The molecule has 0 bridgehead atoms. The molecule has 0 saturated carbocycles. The van der Waals surface area contributed by atoms with Crippen molar-refractivity contribution in [1.29, 1.82) is 0 Å². The van der Waals surface area contributed by atoms with Crippen molar-refractivity contribution < 1.29 is 4.79 Å². The van der Waals surface area contributed by atoms with Gasteiger partial charge in [0.15, 0.2) is 5.78 Å². The average Bonchev–Trinajstić information content (AvgIpc) is 2.30. The normalized spacial score (nSPS) is 10.8. The largest absolute Gasteiger partial charge is 0.293 e. The Balaban J connectivity index is 3.21. The standard InChI is InChI=1S/C8H11BrN2O/c1-5(2)11-8(6(3)12)7(9)4-10-11/h4-5H,1-3H3. The Hall–Kier alpha value is -0.640. The fourth-order valence-electron chi connectivity index (χ4n) is 1.06. The van der Waals surface area contributed by atoms with E-state index in [1.54, 1.807) is 17.8 Å². The summed E-state index contributed by atoms with van der Waals surface area (Å²) in [5.74, 6) is 0.0353. The van der Waals surface area contributed by atoms with E-state index in [1.165, 1.54) is 0 Å². The number of carbonyl (C=O) groups excluding carboxylic acids is 1. The Bertz CT molecular complexity index is 304. The maximum Gasteiger partial charge on any atom is 0.178 e. The van der Waals surface area contributed by atoms with Crippen LogP contribution in [0.5, 0.6) is 0 Å². The van der Waals surface area contributed by atoms with Crippen molar-refractivity contribution in [3.8, 4) is 0 Å². The molecule has 4 heteroatoms. The number of rotatable bonds is 2. The number of carbonyl (C=O) groups is 1. The Morgan fingerprint density at radius 3 is 2.58 bits per heavy atom. The fraction of sp³-hybridized carbons (Fsp3) is 0.500. The van der Waals surface area contributed by atoms with Gasteiger partial charge in [0.2, 0.25) is 0 Å². The van der Waals surface area contributed by atoms with Crippen LogP contribution in [-0.4, -0.2) is 15.6 Å². The number of hydrogen-bond donors (Lipinski definition) is 0. The van der Waals surface area contributed by atoms with Crippen LogP contribution >= 0.6 is 15.9 Å². The van der Waals surface area contributed by atoms with E-state index in [2.05, 4.69) is 21.0 Å². The molecule has 1 aromatic heterocycles. The topological polar surface area (TPSA) is 34.9 Å². The van der Waals surface area contributed by atoms with Crippen LogP contribution in [-0.2, 0) is 0 Å². The van der Waals surface area contributed by atoms with E-state index in [4.69, 9.17) is 0 Å².